The zero-order valence-corrected chi connectivity index (χ0v) is 8.22. The second kappa shape index (κ2) is 3.52. The van der Waals surface area contributed by atoms with Crippen molar-refractivity contribution in [3.8, 4) is 11.5 Å². The molecule has 0 saturated heterocycles. The molecule has 2 nitrogen and oxygen atoms in total. The van der Waals surface area contributed by atoms with Crippen LogP contribution in [0.2, 0.25) is 0 Å². The summed E-state index contributed by atoms with van der Waals surface area (Å²) in [6.07, 6.45) is 0. The van der Waals surface area contributed by atoms with Crippen LogP contribution in [0, 0.1) is 6.92 Å². The first-order chi connectivity index (χ1) is 6.06. The van der Waals surface area contributed by atoms with Gasteiger partial charge in [0.15, 0.2) is 0 Å². The minimum atomic E-state index is 0.285. The molecule has 0 spiro atoms. The van der Waals surface area contributed by atoms with E-state index in [0.717, 1.165) is 22.4 Å². The molecule has 0 aliphatic carbocycles. The SMILES string of the molecule is C=C(C)c1cc(OC)cc(C)c1O. The smallest absolute Gasteiger partial charge is 0.126 e. The molecule has 1 aromatic rings. The van der Waals surface area contributed by atoms with Crippen LogP contribution in [0.15, 0.2) is 18.7 Å². The number of phenols is 1. The van der Waals surface area contributed by atoms with Crippen LogP contribution in [0.1, 0.15) is 18.1 Å². The van der Waals surface area contributed by atoms with Gasteiger partial charge in [0.1, 0.15) is 11.5 Å². The van der Waals surface area contributed by atoms with Gasteiger partial charge in [0.2, 0.25) is 0 Å². The molecule has 0 bridgehead atoms. The highest BCUT2D eigenvalue weighted by Crippen LogP contribution is 2.31. The Labute approximate surface area is 78.5 Å². The summed E-state index contributed by atoms with van der Waals surface area (Å²) in [6.45, 7) is 7.48. The van der Waals surface area contributed by atoms with Crippen LogP contribution in [0.25, 0.3) is 5.57 Å². The Morgan fingerprint density at radius 3 is 2.54 bits per heavy atom. The summed E-state index contributed by atoms with van der Waals surface area (Å²) in [6, 6.07) is 3.58. The normalized spacial score (nSPS) is 9.77. The second-order valence-electron chi connectivity index (χ2n) is 3.12. The first-order valence-corrected chi connectivity index (χ1v) is 4.09. The van der Waals surface area contributed by atoms with Crippen LogP contribution in [-0.2, 0) is 0 Å². The molecule has 0 heterocycles. The molecule has 70 valence electrons. The van der Waals surface area contributed by atoms with E-state index in [9.17, 15) is 5.11 Å². The molecule has 0 amide bonds. The summed E-state index contributed by atoms with van der Waals surface area (Å²) >= 11 is 0. The average Bonchev–Trinajstić information content (AvgIpc) is 2.09. The highest BCUT2D eigenvalue weighted by Gasteiger charge is 2.07. The largest absolute Gasteiger partial charge is 0.507 e. The fraction of sp³-hybridized carbons (Fsp3) is 0.273. The lowest BCUT2D eigenvalue weighted by Gasteiger charge is -2.09. The van der Waals surface area contributed by atoms with Crippen molar-refractivity contribution in [2.24, 2.45) is 0 Å². The Kier molecular flexibility index (Phi) is 2.61. The number of ether oxygens (including phenoxy) is 1. The van der Waals surface area contributed by atoms with Crippen molar-refractivity contribution >= 4 is 5.57 Å². The van der Waals surface area contributed by atoms with Gasteiger partial charge in [-0.1, -0.05) is 6.58 Å². The summed E-state index contributed by atoms with van der Waals surface area (Å²) in [5.74, 6) is 1.03. The molecule has 13 heavy (non-hydrogen) atoms. The molecule has 0 atom stereocenters. The van der Waals surface area contributed by atoms with Crippen molar-refractivity contribution in [3.05, 3.63) is 29.8 Å². The van der Waals surface area contributed by atoms with Gasteiger partial charge in [0.25, 0.3) is 0 Å². The number of hydrogen-bond acceptors (Lipinski definition) is 2. The van der Waals surface area contributed by atoms with Crippen molar-refractivity contribution in [1.29, 1.82) is 0 Å². The first kappa shape index (κ1) is 9.65. The summed E-state index contributed by atoms with van der Waals surface area (Å²) in [5, 5.41) is 9.67. The van der Waals surface area contributed by atoms with Gasteiger partial charge in [0.05, 0.1) is 7.11 Å². The van der Waals surface area contributed by atoms with E-state index in [2.05, 4.69) is 6.58 Å². The van der Waals surface area contributed by atoms with E-state index in [0.29, 0.717) is 0 Å². The highest BCUT2D eigenvalue weighted by molar-refractivity contribution is 5.69. The van der Waals surface area contributed by atoms with Crippen LogP contribution in [-0.4, -0.2) is 12.2 Å². The maximum atomic E-state index is 9.67. The minimum Gasteiger partial charge on any atom is -0.507 e. The Bertz CT molecular complexity index is 340. The van der Waals surface area contributed by atoms with Crippen LogP contribution in [0.4, 0.5) is 0 Å². The molecule has 0 radical (unpaired) electrons. The second-order valence-corrected chi connectivity index (χ2v) is 3.12. The number of aryl methyl sites for hydroxylation is 1. The number of allylic oxidation sites excluding steroid dienone is 1. The molecule has 0 unspecified atom stereocenters. The van der Waals surface area contributed by atoms with E-state index in [-0.39, 0.29) is 5.75 Å². The molecule has 1 N–H and O–H groups in total. The predicted octanol–water partition coefficient (Wildman–Crippen LogP) is 2.74. The molecule has 0 saturated carbocycles. The lowest BCUT2D eigenvalue weighted by atomic mass is 10.0. The maximum absolute atomic E-state index is 9.67. The molecule has 1 rings (SSSR count). The first-order valence-electron chi connectivity index (χ1n) is 4.09. The standard InChI is InChI=1S/C11H14O2/c1-7(2)10-6-9(13-4)5-8(3)11(10)12/h5-6,12H,1H2,2-4H3. The van der Waals surface area contributed by atoms with Crippen LogP contribution >= 0.6 is 0 Å². The lowest BCUT2D eigenvalue weighted by Crippen LogP contribution is -1.88. The third-order valence-electron chi connectivity index (χ3n) is 1.97. The number of methoxy groups -OCH3 is 1. The summed E-state index contributed by atoms with van der Waals surface area (Å²) in [4.78, 5) is 0. The third-order valence-corrected chi connectivity index (χ3v) is 1.97. The van der Waals surface area contributed by atoms with Crippen molar-refractivity contribution in [2.75, 3.05) is 7.11 Å². The minimum absolute atomic E-state index is 0.285. The van der Waals surface area contributed by atoms with Gasteiger partial charge < -0.3 is 9.84 Å². The number of aromatic hydroxyl groups is 1. The zero-order valence-electron chi connectivity index (χ0n) is 8.22. The van der Waals surface area contributed by atoms with Gasteiger partial charge in [-0.3, -0.25) is 0 Å². The van der Waals surface area contributed by atoms with Crippen molar-refractivity contribution in [1.82, 2.24) is 0 Å². The van der Waals surface area contributed by atoms with E-state index in [1.807, 2.05) is 13.8 Å². The van der Waals surface area contributed by atoms with Gasteiger partial charge in [-0.15, -0.1) is 0 Å². The van der Waals surface area contributed by atoms with Gasteiger partial charge in [0, 0.05) is 5.56 Å². The van der Waals surface area contributed by atoms with Gasteiger partial charge in [-0.2, -0.15) is 0 Å². The number of hydrogen-bond donors (Lipinski definition) is 1. The van der Waals surface area contributed by atoms with Crippen LogP contribution in [0.3, 0.4) is 0 Å². The fourth-order valence-electron chi connectivity index (χ4n) is 1.19. The molecular formula is C11H14O2. The summed E-state index contributed by atoms with van der Waals surface area (Å²) in [5.41, 5.74) is 2.38. The summed E-state index contributed by atoms with van der Waals surface area (Å²) < 4.78 is 5.09. The van der Waals surface area contributed by atoms with E-state index >= 15 is 0 Å². The molecular weight excluding hydrogens is 164 g/mol. The number of phenolic OH excluding ortho intramolecular Hbond substituents is 1. The molecule has 0 aliphatic heterocycles. The zero-order chi connectivity index (χ0) is 10.0. The molecule has 1 aromatic carbocycles. The topological polar surface area (TPSA) is 29.5 Å². The van der Waals surface area contributed by atoms with E-state index in [4.69, 9.17) is 4.74 Å². The Morgan fingerprint density at radius 2 is 2.08 bits per heavy atom. The van der Waals surface area contributed by atoms with Crippen LogP contribution < -0.4 is 4.74 Å². The fourth-order valence-corrected chi connectivity index (χ4v) is 1.19. The Balaban J connectivity index is 3.33. The molecule has 0 aliphatic rings. The Morgan fingerprint density at radius 1 is 1.46 bits per heavy atom. The van der Waals surface area contributed by atoms with Crippen molar-refractivity contribution in [2.45, 2.75) is 13.8 Å². The van der Waals surface area contributed by atoms with Gasteiger partial charge >= 0.3 is 0 Å². The average molecular weight is 178 g/mol. The molecule has 2 heteroatoms. The third kappa shape index (κ3) is 1.83. The van der Waals surface area contributed by atoms with Gasteiger partial charge in [-0.25, -0.2) is 0 Å². The monoisotopic (exact) mass is 178 g/mol. The van der Waals surface area contributed by atoms with Crippen molar-refractivity contribution in [3.63, 3.8) is 0 Å². The number of rotatable bonds is 2. The van der Waals surface area contributed by atoms with E-state index in [1.165, 1.54) is 0 Å². The molecule has 0 aromatic heterocycles. The predicted molar refractivity (Wildman–Crippen MR) is 54.1 cm³/mol. The molecule has 0 fully saturated rings. The van der Waals surface area contributed by atoms with Crippen molar-refractivity contribution < 1.29 is 9.84 Å². The quantitative estimate of drug-likeness (QED) is 0.754. The van der Waals surface area contributed by atoms with Crippen LogP contribution in [0.5, 0.6) is 11.5 Å². The number of benzene rings is 1. The van der Waals surface area contributed by atoms with E-state index in [1.54, 1.807) is 19.2 Å². The summed E-state index contributed by atoms with van der Waals surface area (Å²) in [7, 11) is 1.61. The maximum Gasteiger partial charge on any atom is 0.126 e. The lowest BCUT2D eigenvalue weighted by molar-refractivity contribution is 0.411. The van der Waals surface area contributed by atoms with Gasteiger partial charge in [-0.05, 0) is 37.1 Å². The highest BCUT2D eigenvalue weighted by atomic mass is 16.5. The Hall–Kier alpha value is -1.44. The van der Waals surface area contributed by atoms with E-state index < -0.39 is 0 Å².